The van der Waals surface area contributed by atoms with Gasteiger partial charge in [-0.15, -0.1) is 0 Å². The first-order valence-electron chi connectivity index (χ1n) is 10.4. The lowest BCUT2D eigenvalue weighted by Gasteiger charge is -2.16. The second kappa shape index (κ2) is 7.69. The number of hydrogen-bond donors (Lipinski definition) is 0. The van der Waals surface area contributed by atoms with Crippen molar-refractivity contribution < 1.29 is 0 Å². The standard InChI is InChI=1S/C26H22N4O/c1-18(2)29-25-23(21-16-10-5-11-17-22(21)28-25)24(27-19-12-6-3-7-13-19)30(26(29)31)20-14-8-4-9-15-20/h3-18H,1-2H3. The van der Waals surface area contributed by atoms with E-state index in [-0.39, 0.29) is 11.7 Å². The minimum Gasteiger partial charge on any atom is -0.275 e. The summed E-state index contributed by atoms with van der Waals surface area (Å²) in [5.41, 5.74) is 4.44. The van der Waals surface area contributed by atoms with Crippen molar-refractivity contribution in [2.75, 3.05) is 0 Å². The van der Waals surface area contributed by atoms with Crippen LogP contribution in [-0.2, 0) is 0 Å². The van der Waals surface area contributed by atoms with Crippen molar-refractivity contribution in [2.24, 2.45) is 4.99 Å². The molecule has 0 unspecified atom stereocenters. The van der Waals surface area contributed by atoms with Gasteiger partial charge in [-0.05, 0) is 44.2 Å². The molecular weight excluding hydrogens is 384 g/mol. The highest BCUT2D eigenvalue weighted by molar-refractivity contribution is 5.95. The summed E-state index contributed by atoms with van der Waals surface area (Å²) in [5.74, 6) is 0. The van der Waals surface area contributed by atoms with Gasteiger partial charge in [0.25, 0.3) is 0 Å². The third-order valence-electron chi connectivity index (χ3n) is 5.32. The van der Waals surface area contributed by atoms with Gasteiger partial charge in [0.1, 0.15) is 5.65 Å². The minimum absolute atomic E-state index is 0.0613. The van der Waals surface area contributed by atoms with Gasteiger partial charge in [0.05, 0.1) is 22.5 Å². The summed E-state index contributed by atoms with van der Waals surface area (Å²) in [6, 6.07) is 29.3. The van der Waals surface area contributed by atoms with E-state index in [1.54, 1.807) is 9.13 Å². The second-order valence-electron chi connectivity index (χ2n) is 7.71. The molecule has 5 nitrogen and oxygen atoms in total. The first kappa shape index (κ1) is 19.0. The summed E-state index contributed by atoms with van der Waals surface area (Å²) in [7, 11) is 0. The monoisotopic (exact) mass is 406 g/mol. The lowest BCUT2D eigenvalue weighted by Crippen LogP contribution is -2.40. The van der Waals surface area contributed by atoms with Crippen LogP contribution in [0.1, 0.15) is 19.9 Å². The average Bonchev–Trinajstić information content (AvgIpc) is 2.96. The van der Waals surface area contributed by atoms with Gasteiger partial charge in [0.2, 0.25) is 0 Å². The van der Waals surface area contributed by atoms with Crippen molar-refractivity contribution in [3.8, 4) is 16.9 Å². The predicted molar refractivity (Wildman–Crippen MR) is 124 cm³/mol. The average molecular weight is 406 g/mol. The fraction of sp³-hybridized carbons (Fsp3) is 0.115. The number of benzene rings is 2. The van der Waals surface area contributed by atoms with E-state index in [0.29, 0.717) is 11.1 Å². The van der Waals surface area contributed by atoms with Gasteiger partial charge in [-0.25, -0.2) is 19.3 Å². The lowest BCUT2D eigenvalue weighted by molar-refractivity contribution is 0.565. The summed E-state index contributed by atoms with van der Waals surface area (Å²) in [5, 5.41) is 0.868. The number of nitrogens with zero attached hydrogens (tertiary/aromatic N) is 4. The zero-order valence-corrected chi connectivity index (χ0v) is 17.4. The van der Waals surface area contributed by atoms with Crippen molar-refractivity contribution in [2.45, 2.75) is 19.9 Å². The molecule has 1 aromatic heterocycles. The maximum absolute atomic E-state index is 13.8. The largest absolute Gasteiger partial charge is 0.336 e. The third kappa shape index (κ3) is 3.24. The minimum atomic E-state index is -0.157. The molecule has 0 amide bonds. The summed E-state index contributed by atoms with van der Waals surface area (Å²) >= 11 is 0. The van der Waals surface area contributed by atoms with Gasteiger partial charge in [-0.1, -0.05) is 60.7 Å². The van der Waals surface area contributed by atoms with Crippen molar-refractivity contribution >= 4 is 16.7 Å². The molecule has 1 aliphatic carbocycles. The van der Waals surface area contributed by atoms with Gasteiger partial charge in [0, 0.05) is 11.6 Å². The summed E-state index contributed by atoms with van der Waals surface area (Å²) in [4.78, 5) is 23.6. The van der Waals surface area contributed by atoms with Crippen LogP contribution in [0.4, 0.5) is 5.69 Å². The molecule has 0 radical (unpaired) electrons. The van der Waals surface area contributed by atoms with Crippen LogP contribution in [0.15, 0.2) is 101 Å². The fourth-order valence-electron chi connectivity index (χ4n) is 3.94. The molecular formula is C26H22N4O. The van der Waals surface area contributed by atoms with Crippen molar-refractivity contribution in [1.29, 1.82) is 0 Å². The Balaban J connectivity index is 2.07. The van der Waals surface area contributed by atoms with Crippen LogP contribution in [-0.4, -0.2) is 14.1 Å². The Labute approximate surface area is 179 Å². The fourth-order valence-corrected chi connectivity index (χ4v) is 3.94. The number of fused-ring (bicyclic) bond motifs is 3. The smallest absolute Gasteiger partial charge is 0.275 e. The first-order valence-corrected chi connectivity index (χ1v) is 10.4. The van der Waals surface area contributed by atoms with Gasteiger partial charge >= 0.3 is 5.69 Å². The maximum atomic E-state index is 13.8. The maximum Gasteiger partial charge on any atom is 0.336 e. The van der Waals surface area contributed by atoms with E-state index in [2.05, 4.69) is 0 Å². The molecule has 2 heterocycles. The summed E-state index contributed by atoms with van der Waals surface area (Å²) in [6.07, 6.45) is 0. The quantitative estimate of drug-likeness (QED) is 0.418. The SMILES string of the molecule is CC(C)n1c(=O)n(-c2ccccc2)c(=Nc2ccccc2)c2c3cccccc-3nc21. The van der Waals surface area contributed by atoms with E-state index in [1.165, 1.54) is 0 Å². The normalized spacial score (nSPS) is 12.2. The molecule has 0 saturated carbocycles. The molecule has 1 aliphatic heterocycles. The first-order chi connectivity index (χ1) is 15.1. The third-order valence-corrected chi connectivity index (χ3v) is 5.32. The molecule has 0 N–H and O–H groups in total. The molecule has 2 aromatic carbocycles. The summed E-state index contributed by atoms with van der Waals surface area (Å²) in [6.45, 7) is 4.01. The number of rotatable bonds is 3. The molecule has 0 spiro atoms. The Morgan fingerprint density at radius 2 is 1.42 bits per heavy atom. The van der Waals surface area contributed by atoms with Crippen LogP contribution in [0.5, 0.6) is 0 Å². The lowest BCUT2D eigenvalue weighted by atomic mass is 10.1. The Morgan fingerprint density at radius 3 is 2.10 bits per heavy atom. The van der Waals surface area contributed by atoms with E-state index in [0.717, 1.165) is 28.0 Å². The van der Waals surface area contributed by atoms with Crippen LogP contribution in [0, 0.1) is 0 Å². The highest BCUT2D eigenvalue weighted by Gasteiger charge is 2.22. The molecule has 5 heteroatoms. The van der Waals surface area contributed by atoms with Crippen molar-refractivity contribution in [3.63, 3.8) is 0 Å². The topological polar surface area (TPSA) is 52.2 Å². The van der Waals surface area contributed by atoms with Crippen LogP contribution in [0.3, 0.4) is 0 Å². The molecule has 3 aromatic rings. The highest BCUT2D eigenvalue weighted by Crippen LogP contribution is 2.29. The second-order valence-corrected chi connectivity index (χ2v) is 7.71. The molecule has 0 atom stereocenters. The number of hydrogen-bond acceptors (Lipinski definition) is 3. The molecule has 0 fully saturated rings. The number of aromatic nitrogens is 3. The van der Waals surface area contributed by atoms with Crippen LogP contribution in [0.2, 0.25) is 0 Å². The van der Waals surface area contributed by atoms with Gasteiger partial charge in [0.15, 0.2) is 5.49 Å². The van der Waals surface area contributed by atoms with Crippen molar-refractivity contribution in [1.82, 2.24) is 14.1 Å². The van der Waals surface area contributed by atoms with E-state index in [1.807, 2.05) is 105 Å². The van der Waals surface area contributed by atoms with E-state index in [4.69, 9.17) is 9.98 Å². The van der Waals surface area contributed by atoms with E-state index in [9.17, 15) is 4.79 Å². The molecule has 2 aliphatic rings. The van der Waals surface area contributed by atoms with Crippen LogP contribution < -0.4 is 11.2 Å². The van der Waals surface area contributed by atoms with Crippen LogP contribution >= 0.6 is 0 Å². The Hall–Kier alpha value is -3.99. The molecule has 0 saturated heterocycles. The number of para-hydroxylation sites is 2. The molecule has 31 heavy (non-hydrogen) atoms. The van der Waals surface area contributed by atoms with Gasteiger partial charge < -0.3 is 0 Å². The van der Waals surface area contributed by atoms with E-state index < -0.39 is 0 Å². The zero-order valence-electron chi connectivity index (χ0n) is 17.4. The zero-order chi connectivity index (χ0) is 21.4. The summed E-state index contributed by atoms with van der Waals surface area (Å²) < 4.78 is 3.45. The van der Waals surface area contributed by atoms with E-state index >= 15 is 0 Å². The Bertz CT molecular complexity index is 1460. The molecule has 5 rings (SSSR count). The van der Waals surface area contributed by atoms with Gasteiger partial charge in [-0.3, -0.25) is 4.57 Å². The van der Waals surface area contributed by atoms with Gasteiger partial charge in [-0.2, -0.15) is 0 Å². The van der Waals surface area contributed by atoms with Crippen molar-refractivity contribution in [3.05, 3.63) is 107 Å². The highest BCUT2D eigenvalue weighted by atomic mass is 16.1. The predicted octanol–water partition coefficient (Wildman–Crippen LogP) is 5.11. The Morgan fingerprint density at radius 1 is 0.806 bits per heavy atom. The molecule has 0 bridgehead atoms. The molecule has 152 valence electrons. The Kier molecular flexibility index (Phi) is 4.71. The van der Waals surface area contributed by atoms with Crippen LogP contribution in [0.25, 0.3) is 28.0 Å².